The molecular formula is C14H16FN3O. The quantitative estimate of drug-likeness (QED) is 0.899. The summed E-state index contributed by atoms with van der Waals surface area (Å²) in [5.41, 5.74) is 7.83. The van der Waals surface area contributed by atoms with E-state index in [-0.39, 0.29) is 17.8 Å². The largest absolute Gasteiger partial charge is 0.379 e. The lowest BCUT2D eigenvalue weighted by molar-refractivity contribution is 0.190. The van der Waals surface area contributed by atoms with Crippen LogP contribution in [-0.2, 0) is 4.74 Å². The highest BCUT2D eigenvalue weighted by Crippen LogP contribution is 2.41. The third kappa shape index (κ3) is 1.76. The minimum Gasteiger partial charge on any atom is -0.379 e. The Balaban J connectivity index is 1.91. The van der Waals surface area contributed by atoms with Crippen LogP contribution >= 0.6 is 0 Å². The van der Waals surface area contributed by atoms with Gasteiger partial charge < -0.3 is 15.0 Å². The van der Waals surface area contributed by atoms with E-state index in [0.717, 1.165) is 16.9 Å². The first-order valence-corrected chi connectivity index (χ1v) is 6.75. The molecule has 2 heterocycles. The molecule has 0 radical (unpaired) electrons. The molecule has 2 aromatic rings. The summed E-state index contributed by atoms with van der Waals surface area (Å²) in [6, 6.07) is 5.30. The second-order valence-corrected chi connectivity index (χ2v) is 5.51. The van der Waals surface area contributed by atoms with Crippen LogP contribution in [0.2, 0.25) is 0 Å². The van der Waals surface area contributed by atoms with Crippen LogP contribution in [-0.4, -0.2) is 28.8 Å². The molecular weight excluding hydrogens is 245 g/mol. The number of nitrogens with zero attached hydrogens (tertiary/aromatic N) is 2. The van der Waals surface area contributed by atoms with Gasteiger partial charge in [0.1, 0.15) is 11.6 Å². The first kappa shape index (κ1) is 11.4. The zero-order chi connectivity index (χ0) is 13.0. The molecule has 19 heavy (non-hydrogen) atoms. The van der Waals surface area contributed by atoms with E-state index >= 15 is 0 Å². The van der Waals surface area contributed by atoms with Crippen LogP contribution in [0.25, 0.3) is 11.0 Å². The van der Waals surface area contributed by atoms with Crippen LogP contribution in [0, 0.1) is 5.82 Å². The zero-order valence-corrected chi connectivity index (χ0v) is 10.6. The van der Waals surface area contributed by atoms with Crippen LogP contribution in [0.3, 0.4) is 0 Å². The summed E-state index contributed by atoms with van der Waals surface area (Å²) in [7, 11) is 0. The number of fused-ring (bicyclic) bond motifs is 1. The minimum atomic E-state index is -0.244. The first-order chi connectivity index (χ1) is 9.24. The summed E-state index contributed by atoms with van der Waals surface area (Å²) in [6.07, 6.45) is 2.33. The number of ether oxygens (including phenoxy) is 1. The molecule has 1 saturated heterocycles. The predicted molar refractivity (Wildman–Crippen MR) is 69.5 cm³/mol. The van der Waals surface area contributed by atoms with Crippen LogP contribution in [0.4, 0.5) is 4.39 Å². The molecule has 1 aliphatic carbocycles. The van der Waals surface area contributed by atoms with E-state index in [1.807, 2.05) is 6.07 Å². The maximum absolute atomic E-state index is 13.3. The first-order valence-electron chi connectivity index (χ1n) is 6.75. The van der Waals surface area contributed by atoms with Gasteiger partial charge in [-0.2, -0.15) is 0 Å². The summed E-state index contributed by atoms with van der Waals surface area (Å²) in [4.78, 5) is 4.63. The number of benzene rings is 1. The van der Waals surface area contributed by atoms with Crippen molar-refractivity contribution in [3.8, 4) is 0 Å². The Labute approximate surface area is 110 Å². The normalized spacial score (nSPS) is 27.3. The standard InChI is InChI=1S/C14H16FN3O/c15-8-1-4-13-12(5-8)17-14(18(13)9-2-3-9)10-6-19-7-11(10)16/h1,4-5,9-11H,2-3,6-7,16H2. The fourth-order valence-electron chi connectivity index (χ4n) is 2.91. The number of rotatable bonds is 2. The van der Waals surface area contributed by atoms with E-state index in [1.165, 1.54) is 25.0 Å². The Morgan fingerprint density at radius 3 is 2.84 bits per heavy atom. The lowest BCUT2D eigenvalue weighted by Gasteiger charge is -2.15. The Bertz CT molecular complexity index is 635. The molecule has 2 atom stereocenters. The molecule has 2 fully saturated rings. The number of aromatic nitrogens is 2. The van der Waals surface area contributed by atoms with Gasteiger partial charge in [-0.25, -0.2) is 9.37 Å². The van der Waals surface area contributed by atoms with Gasteiger partial charge in [0.05, 0.1) is 30.2 Å². The van der Waals surface area contributed by atoms with Crippen molar-refractivity contribution in [3.05, 3.63) is 29.8 Å². The predicted octanol–water partition coefficient (Wildman–Crippen LogP) is 1.95. The van der Waals surface area contributed by atoms with Gasteiger partial charge in [0.15, 0.2) is 0 Å². The van der Waals surface area contributed by atoms with Gasteiger partial charge in [0.25, 0.3) is 0 Å². The molecule has 0 spiro atoms. The molecule has 4 rings (SSSR count). The molecule has 1 aromatic heterocycles. The van der Waals surface area contributed by atoms with E-state index < -0.39 is 0 Å². The maximum Gasteiger partial charge on any atom is 0.125 e. The monoisotopic (exact) mass is 261 g/mol. The lowest BCUT2D eigenvalue weighted by atomic mass is 10.0. The van der Waals surface area contributed by atoms with E-state index in [2.05, 4.69) is 9.55 Å². The van der Waals surface area contributed by atoms with Crippen molar-refractivity contribution < 1.29 is 9.13 Å². The van der Waals surface area contributed by atoms with Crippen molar-refractivity contribution >= 4 is 11.0 Å². The Hall–Kier alpha value is -1.46. The van der Waals surface area contributed by atoms with Gasteiger partial charge in [-0.15, -0.1) is 0 Å². The van der Waals surface area contributed by atoms with Gasteiger partial charge >= 0.3 is 0 Å². The topological polar surface area (TPSA) is 53.1 Å². The lowest BCUT2D eigenvalue weighted by Crippen LogP contribution is -2.28. The summed E-state index contributed by atoms with van der Waals surface area (Å²) >= 11 is 0. The Morgan fingerprint density at radius 2 is 2.16 bits per heavy atom. The maximum atomic E-state index is 13.3. The molecule has 2 N–H and O–H groups in total. The molecule has 5 heteroatoms. The van der Waals surface area contributed by atoms with Gasteiger partial charge in [0.2, 0.25) is 0 Å². The van der Waals surface area contributed by atoms with Crippen molar-refractivity contribution in [2.24, 2.45) is 5.73 Å². The molecule has 0 bridgehead atoms. The summed E-state index contributed by atoms with van der Waals surface area (Å²) in [5, 5.41) is 0. The van der Waals surface area contributed by atoms with Gasteiger partial charge in [-0.05, 0) is 25.0 Å². The zero-order valence-electron chi connectivity index (χ0n) is 10.6. The molecule has 1 saturated carbocycles. The van der Waals surface area contributed by atoms with Gasteiger partial charge in [0, 0.05) is 18.2 Å². The molecule has 2 unspecified atom stereocenters. The number of hydrogen-bond donors (Lipinski definition) is 1. The van der Waals surface area contributed by atoms with E-state index in [4.69, 9.17) is 10.5 Å². The number of nitrogens with two attached hydrogens (primary N) is 1. The highest BCUT2D eigenvalue weighted by atomic mass is 19.1. The Morgan fingerprint density at radius 1 is 1.32 bits per heavy atom. The smallest absolute Gasteiger partial charge is 0.125 e. The number of imidazole rings is 1. The van der Waals surface area contributed by atoms with Crippen LogP contribution < -0.4 is 5.73 Å². The average molecular weight is 261 g/mol. The average Bonchev–Trinajstić information content (AvgIpc) is 3.03. The third-order valence-electron chi connectivity index (χ3n) is 4.05. The second-order valence-electron chi connectivity index (χ2n) is 5.51. The van der Waals surface area contributed by atoms with Crippen LogP contribution in [0.5, 0.6) is 0 Å². The third-order valence-corrected chi connectivity index (χ3v) is 4.05. The fourth-order valence-corrected chi connectivity index (χ4v) is 2.91. The minimum absolute atomic E-state index is 0.0147. The second kappa shape index (κ2) is 4.02. The molecule has 4 nitrogen and oxygen atoms in total. The number of hydrogen-bond acceptors (Lipinski definition) is 3. The summed E-state index contributed by atoms with van der Waals surface area (Å²) in [6.45, 7) is 1.19. The van der Waals surface area contributed by atoms with Crippen LogP contribution in [0.1, 0.15) is 30.6 Å². The van der Waals surface area contributed by atoms with E-state index in [1.54, 1.807) is 0 Å². The Kier molecular flexibility index (Phi) is 2.40. The van der Waals surface area contributed by atoms with Crippen molar-refractivity contribution in [1.29, 1.82) is 0 Å². The molecule has 1 aliphatic heterocycles. The highest BCUT2D eigenvalue weighted by Gasteiger charge is 2.35. The van der Waals surface area contributed by atoms with Gasteiger partial charge in [-0.1, -0.05) is 0 Å². The van der Waals surface area contributed by atoms with Crippen molar-refractivity contribution in [2.45, 2.75) is 30.8 Å². The van der Waals surface area contributed by atoms with E-state index in [9.17, 15) is 4.39 Å². The van der Waals surface area contributed by atoms with Crippen molar-refractivity contribution in [3.63, 3.8) is 0 Å². The molecule has 0 amide bonds. The molecule has 100 valence electrons. The van der Waals surface area contributed by atoms with Gasteiger partial charge in [-0.3, -0.25) is 0 Å². The van der Waals surface area contributed by atoms with Crippen molar-refractivity contribution in [2.75, 3.05) is 13.2 Å². The van der Waals surface area contributed by atoms with Crippen molar-refractivity contribution in [1.82, 2.24) is 9.55 Å². The molecule has 2 aliphatic rings. The fraction of sp³-hybridized carbons (Fsp3) is 0.500. The highest BCUT2D eigenvalue weighted by molar-refractivity contribution is 5.76. The van der Waals surface area contributed by atoms with E-state index in [0.29, 0.717) is 19.3 Å². The molecule has 1 aromatic carbocycles. The summed E-state index contributed by atoms with van der Waals surface area (Å²) < 4.78 is 21.0. The van der Waals surface area contributed by atoms with Crippen LogP contribution in [0.15, 0.2) is 18.2 Å². The number of halogens is 1. The summed E-state index contributed by atoms with van der Waals surface area (Å²) in [5.74, 6) is 0.843. The SMILES string of the molecule is NC1COCC1c1nc2cc(F)ccc2n1C1CC1.